The lowest BCUT2D eigenvalue weighted by Crippen LogP contribution is -2.11. The van der Waals surface area contributed by atoms with Gasteiger partial charge in [0, 0.05) is 18.4 Å². The third-order valence-electron chi connectivity index (χ3n) is 2.89. The topological polar surface area (TPSA) is 52.0 Å². The summed E-state index contributed by atoms with van der Waals surface area (Å²) in [4.78, 5) is -0.325. The third kappa shape index (κ3) is 2.84. The molecule has 0 N–H and O–H groups in total. The number of aromatic nitrogens is 2. The molecule has 10 heteroatoms. The molecule has 0 unspecified atom stereocenters. The highest BCUT2D eigenvalue weighted by Gasteiger charge is 2.41. The van der Waals surface area contributed by atoms with E-state index in [1.54, 1.807) is 0 Å². The van der Waals surface area contributed by atoms with Gasteiger partial charge in [-0.3, -0.25) is 4.68 Å². The van der Waals surface area contributed by atoms with E-state index in [1.807, 2.05) is 0 Å². The lowest BCUT2D eigenvalue weighted by Gasteiger charge is -2.08. The Bertz CT molecular complexity index is 796. The highest BCUT2D eigenvalue weighted by molar-refractivity contribution is 7.91. The van der Waals surface area contributed by atoms with E-state index >= 15 is 0 Å². The van der Waals surface area contributed by atoms with Crippen LogP contribution in [0.2, 0.25) is 0 Å². The number of thiol groups is 1. The number of nitrogens with zero attached hydrogens (tertiary/aromatic N) is 2. The summed E-state index contributed by atoms with van der Waals surface area (Å²) in [6, 6.07) is 3.78. The molecule has 0 aliphatic rings. The van der Waals surface area contributed by atoms with Crippen LogP contribution >= 0.6 is 12.6 Å². The normalized spacial score (nSPS) is 12.6. The first-order valence-electron chi connectivity index (χ1n) is 5.83. The quantitative estimate of drug-likeness (QED) is 0.524. The van der Waals surface area contributed by atoms with Crippen LogP contribution in [0.1, 0.15) is 11.3 Å². The van der Waals surface area contributed by atoms with Crippen LogP contribution in [0.25, 0.3) is 0 Å². The summed E-state index contributed by atoms with van der Waals surface area (Å²) in [6.07, 6.45) is -4.80. The number of hydrogen-bond donors (Lipinski definition) is 1. The zero-order valence-corrected chi connectivity index (χ0v) is 12.8. The molecule has 0 spiro atoms. The van der Waals surface area contributed by atoms with Crippen molar-refractivity contribution >= 4 is 22.5 Å². The first kappa shape index (κ1) is 16.8. The summed E-state index contributed by atoms with van der Waals surface area (Å²) >= 11 is 3.78. The Kier molecular flexibility index (Phi) is 4.26. The lowest BCUT2D eigenvalue weighted by atomic mass is 10.3. The van der Waals surface area contributed by atoms with Crippen molar-refractivity contribution in [2.75, 3.05) is 0 Å². The first-order valence-corrected chi connectivity index (χ1v) is 7.95. The van der Waals surface area contributed by atoms with Gasteiger partial charge >= 0.3 is 6.18 Å². The molecule has 0 bridgehead atoms. The van der Waals surface area contributed by atoms with Crippen molar-refractivity contribution in [3.8, 4) is 0 Å². The van der Waals surface area contributed by atoms with E-state index in [-0.39, 0.29) is 4.90 Å². The molecule has 0 aliphatic heterocycles. The molecule has 1 heterocycles. The SMILES string of the molecule is Cn1nc(C(F)(F)F)c(CS)c1S(=O)(=O)c1ccc(F)cc1. The third-order valence-corrected chi connectivity index (χ3v) is 5.12. The van der Waals surface area contributed by atoms with Gasteiger partial charge in [0.1, 0.15) is 5.82 Å². The van der Waals surface area contributed by atoms with E-state index in [9.17, 15) is 26.0 Å². The molecule has 0 fully saturated rings. The molecule has 0 aliphatic carbocycles. The van der Waals surface area contributed by atoms with Crippen LogP contribution in [-0.4, -0.2) is 18.2 Å². The highest BCUT2D eigenvalue weighted by Crippen LogP contribution is 2.36. The van der Waals surface area contributed by atoms with E-state index in [1.165, 1.54) is 0 Å². The average molecular weight is 354 g/mol. The van der Waals surface area contributed by atoms with Crippen LogP contribution < -0.4 is 0 Å². The second-order valence-electron chi connectivity index (χ2n) is 4.37. The fourth-order valence-corrected chi connectivity index (χ4v) is 3.99. The molecule has 22 heavy (non-hydrogen) atoms. The summed E-state index contributed by atoms with van der Waals surface area (Å²) in [7, 11) is -3.19. The molecule has 2 rings (SSSR count). The van der Waals surface area contributed by atoms with Gasteiger partial charge in [-0.2, -0.15) is 30.9 Å². The summed E-state index contributed by atoms with van der Waals surface area (Å²) in [5, 5.41) is 2.64. The molecule has 0 amide bonds. The van der Waals surface area contributed by atoms with Crippen LogP contribution in [0.4, 0.5) is 17.6 Å². The maximum absolute atomic E-state index is 12.9. The Morgan fingerprint density at radius 3 is 2.23 bits per heavy atom. The van der Waals surface area contributed by atoms with Crippen LogP contribution in [0.3, 0.4) is 0 Å². The molecule has 1 aromatic carbocycles. The van der Waals surface area contributed by atoms with E-state index in [4.69, 9.17) is 0 Å². The van der Waals surface area contributed by atoms with Crippen LogP contribution in [0.15, 0.2) is 34.2 Å². The first-order chi connectivity index (χ1) is 10.1. The zero-order valence-electron chi connectivity index (χ0n) is 11.1. The van der Waals surface area contributed by atoms with Gasteiger partial charge in [-0.05, 0) is 24.3 Å². The number of alkyl halides is 3. The van der Waals surface area contributed by atoms with Crippen LogP contribution in [0, 0.1) is 5.82 Å². The molecule has 4 nitrogen and oxygen atoms in total. The van der Waals surface area contributed by atoms with Crippen molar-refractivity contribution in [3.63, 3.8) is 0 Å². The average Bonchev–Trinajstić information content (AvgIpc) is 2.76. The van der Waals surface area contributed by atoms with Crippen molar-refractivity contribution in [2.45, 2.75) is 21.9 Å². The minimum atomic E-state index is -4.80. The van der Waals surface area contributed by atoms with Crippen LogP contribution in [-0.2, 0) is 28.8 Å². The van der Waals surface area contributed by atoms with Crippen molar-refractivity contribution in [1.82, 2.24) is 9.78 Å². The molecule has 1 aromatic heterocycles. The molecule has 2 aromatic rings. The van der Waals surface area contributed by atoms with Crippen molar-refractivity contribution in [2.24, 2.45) is 7.05 Å². The molecule has 0 atom stereocenters. The predicted octanol–water partition coefficient (Wildman–Crippen LogP) is 2.84. The van der Waals surface area contributed by atoms with E-state index in [0.717, 1.165) is 31.3 Å². The van der Waals surface area contributed by atoms with E-state index in [2.05, 4.69) is 17.7 Å². The van der Waals surface area contributed by atoms with Gasteiger partial charge in [0.15, 0.2) is 10.7 Å². The van der Waals surface area contributed by atoms with Gasteiger partial charge in [-0.25, -0.2) is 12.8 Å². The molecule has 0 radical (unpaired) electrons. The Morgan fingerprint density at radius 2 is 1.77 bits per heavy atom. The maximum atomic E-state index is 12.9. The van der Waals surface area contributed by atoms with Gasteiger partial charge in [-0.1, -0.05) is 0 Å². The highest BCUT2D eigenvalue weighted by atomic mass is 32.2. The molecule has 0 saturated heterocycles. The van der Waals surface area contributed by atoms with E-state index < -0.39 is 43.9 Å². The summed E-state index contributed by atoms with van der Waals surface area (Å²) < 4.78 is 77.3. The Morgan fingerprint density at radius 1 is 1.23 bits per heavy atom. The number of aryl methyl sites for hydroxylation is 1. The Balaban J connectivity index is 2.71. The minimum Gasteiger partial charge on any atom is -0.256 e. The fraction of sp³-hybridized carbons (Fsp3) is 0.250. The smallest absolute Gasteiger partial charge is 0.256 e. The number of halogens is 4. The number of hydrogen-bond acceptors (Lipinski definition) is 4. The monoisotopic (exact) mass is 354 g/mol. The maximum Gasteiger partial charge on any atom is 0.435 e. The van der Waals surface area contributed by atoms with Gasteiger partial charge in [-0.15, -0.1) is 0 Å². The summed E-state index contributed by atoms with van der Waals surface area (Å²) in [5.41, 5.74) is -1.84. The summed E-state index contributed by atoms with van der Waals surface area (Å²) in [6.45, 7) is 0. The molecular weight excluding hydrogens is 344 g/mol. The van der Waals surface area contributed by atoms with E-state index in [0.29, 0.717) is 4.68 Å². The minimum absolute atomic E-state index is 0.325. The fourth-order valence-electron chi connectivity index (χ4n) is 1.98. The number of rotatable bonds is 3. The van der Waals surface area contributed by atoms with Gasteiger partial charge in [0.2, 0.25) is 9.84 Å². The van der Waals surface area contributed by atoms with Gasteiger partial charge < -0.3 is 0 Å². The molecular formula is C12H10F4N2O2S2. The van der Waals surface area contributed by atoms with Crippen molar-refractivity contribution in [1.29, 1.82) is 0 Å². The second kappa shape index (κ2) is 5.58. The Labute approximate surface area is 129 Å². The second-order valence-corrected chi connectivity index (χ2v) is 6.55. The summed E-state index contributed by atoms with van der Waals surface area (Å²) in [5.74, 6) is -1.12. The number of benzene rings is 1. The molecule has 120 valence electrons. The van der Waals surface area contributed by atoms with Crippen LogP contribution in [0.5, 0.6) is 0 Å². The number of sulfone groups is 1. The van der Waals surface area contributed by atoms with Crippen molar-refractivity contribution in [3.05, 3.63) is 41.3 Å². The largest absolute Gasteiger partial charge is 0.435 e. The van der Waals surface area contributed by atoms with Gasteiger partial charge in [0.25, 0.3) is 0 Å². The predicted molar refractivity (Wildman–Crippen MR) is 72.8 cm³/mol. The Hall–Kier alpha value is -1.55. The molecule has 0 saturated carbocycles. The van der Waals surface area contributed by atoms with Gasteiger partial charge in [0.05, 0.1) is 4.90 Å². The standard InChI is InChI=1S/C12H10F4N2O2S2/c1-18-11(9(6-21)10(17-18)12(14,15)16)22(19,20)8-4-2-7(13)3-5-8/h2-5,21H,6H2,1H3. The zero-order chi connectivity index (χ0) is 16.7. The van der Waals surface area contributed by atoms with Crippen molar-refractivity contribution < 1.29 is 26.0 Å². The lowest BCUT2D eigenvalue weighted by molar-refractivity contribution is -0.141.